The van der Waals surface area contributed by atoms with E-state index in [9.17, 15) is 0 Å². The van der Waals surface area contributed by atoms with E-state index < -0.39 is 0 Å². The van der Waals surface area contributed by atoms with Gasteiger partial charge in [-0.1, -0.05) is 29.8 Å². The van der Waals surface area contributed by atoms with E-state index in [1.165, 1.54) is 0 Å². The Morgan fingerprint density at radius 3 is 2.09 bits per heavy atom. The monoisotopic (exact) mass is 222 g/mol. The van der Waals surface area contributed by atoms with Crippen molar-refractivity contribution in [3.05, 3.63) is 0 Å². The van der Waals surface area contributed by atoms with Gasteiger partial charge in [-0.3, -0.25) is 0 Å². The molecule has 2 heteroatoms. The van der Waals surface area contributed by atoms with Crippen molar-refractivity contribution in [2.24, 2.45) is 5.92 Å². The van der Waals surface area contributed by atoms with Crippen molar-refractivity contribution in [3.8, 4) is 0 Å². The number of halogens is 1. The van der Waals surface area contributed by atoms with E-state index in [0.717, 1.165) is 6.42 Å². The van der Waals surface area contributed by atoms with Gasteiger partial charge < -0.3 is 4.74 Å². The third kappa shape index (κ3) is 4.81. The molecule has 0 aliphatic carbocycles. The van der Waals surface area contributed by atoms with Crippen LogP contribution in [0.25, 0.3) is 0 Å². The Bertz CT molecular complexity index is 110. The molecule has 0 N–H and O–H groups in total. The van der Waals surface area contributed by atoms with Crippen LogP contribution in [0, 0.1) is 5.92 Å². The molecule has 0 aromatic rings. The van der Waals surface area contributed by atoms with E-state index >= 15 is 0 Å². The van der Waals surface area contributed by atoms with Gasteiger partial charge in [0.2, 0.25) is 0 Å². The van der Waals surface area contributed by atoms with Crippen LogP contribution in [0.1, 0.15) is 34.1 Å². The summed E-state index contributed by atoms with van der Waals surface area (Å²) in [6.45, 7) is 8.66. The van der Waals surface area contributed by atoms with Crippen molar-refractivity contribution in [1.29, 1.82) is 0 Å². The highest BCUT2D eigenvalue weighted by Crippen LogP contribution is 2.24. The fraction of sp³-hybridized carbons (Fsp3) is 1.00. The molecule has 0 spiro atoms. The lowest BCUT2D eigenvalue weighted by Gasteiger charge is -2.27. The molecule has 0 rings (SSSR count). The fourth-order valence-corrected chi connectivity index (χ4v) is 1.21. The van der Waals surface area contributed by atoms with E-state index in [-0.39, 0.29) is 5.60 Å². The maximum atomic E-state index is 5.34. The molecule has 0 saturated heterocycles. The number of hydrogen-bond acceptors (Lipinski definition) is 1. The molecule has 0 heterocycles. The van der Waals surface area contributed by atoms with Crippen molar-refractivity contribution < 1.29 is 4.74 Å². The summed E-state index contributed by atoms with van der Waals surface area (Å²) in [6.07, 6.45) is 1.09. The van der Waals surface area contributed by atoms with Crippen molar-refractivity contribution in [1.82, 2.24) is 0 Å². The molecule has 0 aromatic heterocycles. The Kier molecular flexibility index (Phi) is 4.64. The minimum atomic E-state index is 0.0153. The summed E-state index contributed by atoms with van der Waals surface area (Å²) in [7, 11) is 1.77. The van der Waals surface area contributed by atoms with Gasteiger partial charge in [-0.05, 0) is 26.2 Å². The number of ether oxygens (including phenoxy) is 1. The molecule has 68 valence electrons. The Balaban J connectivity index is 3.83. The topological polar surface area (TPSA) is 9.23 Å². The summed E-state index contributed by atoms with van der Waals surface area (Å²) >= 11 is 3.57. The minimum Gasteiger partial charge on any atom is -0.379 e. The van der Waals surface area contributed by atoms with Gasteiger partial charge in [0.25, 0.3) is 0 Å². The zero-order valence-corrected chi connectivity index (χ0v) is 9.73. The van der Waals surface area contributed by atoms with E-state index in [0.29, 0.717) is 10.7 Å². The zero-order chi connectivity index (χ0) is 9.07. The van der Waals surface area contributed by atoms with Gasteiger partial charge in [-0.25, -0.2) is 0 Å². The highest BCUT2D eigenvalue weighted by molar-refractivity contribution is 9.09. The minimum absolute atomic E-state index is 0.0153. The van der Waals surface area contributed by atoms with Crippen LogP contribution < -0.4 is 0 Å². The lowest BCUT2D eigenvalue weighted by molar-refractivity contribution is 0.00423. The van der Waals surface area contributed by atoms with Gasteiger partial charge in [-0.15, -0.1) is 0 Å². The van der Waals surface area contributed by atoms with Crippen molar-refractivity contribution in [2.45, 2.75) is 44.5 Å². The Morgan fingerprint density at radius 2 is 1.82 bits per heavy atom. The van der Waals surface area contributed by atoms with Crippen LogP contribution >= 0.6 is 15.9 Å². The molecule has 2 unspecified atom stereocenters. The molecule has 1 nitrogen and oxygen atoms in total. The summed E-state index contributed by atoms with van der Waals surface area (Å²) in [5.41, 5.74) is 0.0153. The second kappa shape index (κ2) is 4.46. The lowest BCUT2D eigenvalue weighted by Crippen LogP contribution is -2.27. The molecule has 0 aliphatic rings. The second-order valence-electron chi connectivity index (χ2n) is 3.82. The molecule has 0 radical (unpaired) electrons. The first-order valence-electron chi connectivity index (χ1n) is 4.08. The number of alkyl halides is 1. The summed E-state index contributed by atoms with van der Waals surface area (Å²) in [4.78, 5) is 0.567. The second-order valence-corrected chi connectivity index (χ2v) is 5.27. The molecule has 0 amide bonds. The summed E-state index contributed by atoms with van der Waals surface area (Å²) in [5, 5.41) is 0. The van der Waals surface area contributed by atoms with Gasteiger partial charge in [-0.2, -0.15) is 0 Å². The van der Waals surface area contributed by atoms with E-state index in [2.05, 4.69) is 43.6 Å². The van der Waals surface area contributed by atoms with Crippen molar-refractivity contribution in [3.63, 3.8) is 0 Å². The van der Waals surface area contributed by atoms with Crippen LogP contribution in [0.15, 0.2) is 0 Å². The molecule has 0 bridgehead atoms. The predicted molar refractivity (Wildman–Crippen MR) is 53.3 cm³/mol. The van der Waals surface area contributed by atoms with Crippen molar-refractivity contribution >= 4 is 15.9 Å². The van der Waals surface area contributed by atoms with E-state index in [4.69, 9.17) is 4.74 Å². The van der Waals surface area contributed by atoms with Crippen molar-refractivity contribution in [2.75, 3.05) is 7.11 Å². The van der Waals surface area contributed by atoms with Gasteiger partial charge in [0, 0.05) is 11.9 Å². The summed E-state index contributed by atoms with van der Waals surface area (Å²) in [5.74, 6) is 0.657. The quantitative estimate of drug-likeness (QED) is 0.665. The first-order valence-corrected chi connectivity index (χ1v) is 5.00. The van der Waals surface area contributed by atoms with Crippen LogP contribution in [0.2, 0.25) is 0 Å². The molecule has 0 aromatic carbocycles. The Morgan fingerprint density at radius 1 is 1.36 bits per heavy atom. The number of hydrogen-bond donors (Lipinski definition) is 0. The van der Waals surface area contributed by atoms with Gasteiger partial charge in [0.05, 0.1) is 5.60 Å². The first-order chi connectivity index (χ1) is 4.89. The average Bonchev–Trinajstić information content (AvgIpc) is 1.87. The Hall–Kier alpha value is 0.440. The number of methoxy groups -OCH3 is 1. The molecule has 0 saturated carbocycles. The van der Waals surface area contributed by atoms with Gasteiger partial charge in [0.15, 0.2) is 0 Å². The Labute approximate surface area is 78.6 Å². The molecular weight excluding hydrogens is 204 g/mol. The molecule has 0 aliphatic heterocycles. The standard InChI is InChI=1S/C9H19BrO/c1-7(8(2)10)6-9(3,4)11-5/h7-8H,6H2,1-5H3. The number of rotatable bonds is 4. The van der Waals surface area contributed by atoms with E-state index in [1.54, 1.807) is 7.11 Å². The third-order valence-electron chi connectivity index (χ3n) is 2.15. The molecule has 2 atom stereocenters. The smallest absolute Gasteiger partial charge is 0.0625 e. The first kappa shape index (κ1) is 11.4. The maximum Gasteiger partial charge on any atom is 0.0625 e. The highest BCUT2D eigenvalue weighted by Gasteiger charge is 2.22. The van der Waals surface area contributed by atoms with E-state index in [1.807, 2.05) is 0 Å². The largest absolute Gasteiger partial charge is 0.379 e. The maximum absolute atomic E-state index is 5.34. The molecule has 11 heavy (non-hydrogen) atoms. The zero-order valence-electron chi connectivity index (χ0n) is 8.15. The SMILES string of the molecule is COC(C)(C)CC(C)C(C)Br. The predicted octanol–water partition coefficient (Wildman–Crippen LogP) is 3.22. The average molecular weight is 223 g/mol. The highest BCUT2D eigenvalue weighted by atomic mass is 79.9. The lowest BCUT2D eigenvalue weighted by atomic mass is 9.93. The van der Waals surface area contributed by atoms with Crippen LogP contribution in [0.5, 0.6) is 0 Å². The summed E-state index contributed by atoms with van der Waals surface area (Å²) in [6, 6.07) is 0. The van der Waals surface area contributed by atoms with Crippen LogP contribution in [-0.2, 0) is 4.74 Å². The summed E-state index contributed by atoms with van der Waals surface area (Å²) < 4.78 is 5.34. The van der Waals surface area contributed by atoms with Gasteiger partial charge in [0.1, 0.15) is 0 Å². The third-order valence-corrected chi connectivity index (χ3v) is 3.05. The van der Waals surface area contributed by atoms with Crippen LogP contribution in [0.4, 0.5) is 0 Å². The fourth-order valence-electron chi connectivity index (χ4n) is 1.02. The normalized spacial score (nSPS) is 18.0. The molecule has 0 fully saturated rings. The van der Waals surface area contributed by atoms with Crippen LogP contribution in [-0.4, -0.2) is 17.5 Å². The van der Waals surface area contributed by atoms with Crippen LogP contribution in [0.3, 0.4) is 0 Å². The molecular formula is C9H19BrO. The van der Waals surface area contributed by atoms with Gasteiger partial charge >= 0.3 is 0 Å².